The van der Waals surface area contributed by atoms with Crippen LogP contribution < -0.4 is 5.32 Å². The first kappa shape index (κ1) is 13.0. The maximum absolute atomic E-state index is 13.4. The third-order valence-electron chi connectivity index (χ3n) is 4.28. The Morgan fingerprint density at radius 2 is 2.29 bits per heavy atom. The fourth-order valence-electron chi connectivity index (χ4n) is 3.07. The molecule has 1 aromatic carbocycles. The maximum Gasteiger partial charge on any atom is 0.123 e. The van der Waals surface area contributed by atoms with Gasteiger partial charge in [0, 0.05) is 28.5 Å². The molecule has 0 aliphatic heterocycles. The lowest BCUT2D eigenvalue weighted by Crippen LogP contribution is -2.16. The van der Waals surface area contributed by atoms with Gasteiger partial charge in [-0.05, 0) is 60.0 Å². The van der Waals surface area contributed by atoms with Crippen molar-refractivity contribution < 1.29 is 4.39 Å². The summed E-state index contributed by atoms with van der Waals surface area (Å²) >= 11 is 1.79. The minimum absolute atomic E-state index is 0.156. The third kappa shape index (κ3) is 2.61. The molecule has 4 heteroatoms. The van der Waals surface area contributed by atoms with Crippen LogP contribution in [-0.4, -0.2) is 11.5 Å². The lowest BCUT2D eigenvalue weighted by atomic mass is 10.1. The van der Waals surface area contributed by atoms with E-state index >= 15 is 0 Å². The number of hydrogen-bond acceptors (Lipinski definition) is 2. The number of H-pyrrole nitrogens is 1. The summed E-state index contributed by atoms with van der Waals surface area (Å²) in [6, 6.07) is 9.22. The standard InChI is InChI=1S/C17H17FN2S/c18-12-3-4-17-15(7-12)16(10-20-17)14-6-11(14)8-19-9-13-2-1-5-21-13/h1-5,7,10-11,14,19-20H,6,8-9H2. The molecule has 2 atom stereocenters. The number of aromatic nitrogens is 1. The number of rotatable bonds is 5. The van der Waals surface area contributed by atoms with Crippen molar-refractivity contribution in [3.63, 3.8) is 0 Å². The van der Waals surface area contributed by atoms with E-state index in [1.54, 1.807) is 17.4 Å². The largest absolute Gasteiger partial charge is 0.361 e. The molecular formula is C17H17FN2S. The van der Waals surface area contributed by atoms with Gasteiger partial charge in [-0.1, -0.05) is 6.07 Å². The summed E-state index contributed by atoms with van der Waals surface area (Å²) in [4.78, 5) is 4.63. The van der Waals surface area contributed by atoms with Crippen LogP contribution in [0.15, 0.2) is 41.9 Å². The Morgan fingerprint density at radius 3 is 3.14 bits per heavy atom. The second-order valence-corrected chi connectivity index (χ2v) is 6.78. The molecule has 1 aliphatic carbocycles. The average molecular weight is 300 g/mol. The highest BCUT2D eigenvalue weighted by atomic mass is 32.1. The van der Waals surface area contributed by atoms with Crippen LogP contribution in [0.4, 0.5) is 4.39 Å². The van der Waals surface area contributed by atoms with Crippen LogP contribution in [0.1, 0.15) is 22.8 Å². The number of nitrogens with one attached hydrogen (secondary N) is 2. The normalized spacial score (nSPS) is 21.0. The highest BCUT2D eigenvalue weighted by Crippen LogP contribution is 2.49. The summed E-state index contributed by atoms with van der Waals surface area (Å²) < 4.78 is 13.4. The number of hydrogen-bond donors (Lipinski definition) is 2. The Morgan fingerprint density at radius 1 is 1.33 bits per heavy atom. The Labute approximate surface area is 127 Å². The molecule has 2 aromatic heterocycles. The van der Waals surface area contributed by atoms with Gasteiger partial charge in [-0.25, -0.2) is 4.39 Å². The lowest BCUT2D eigenvalue weighted by molar-refractivity contribution is 0.628. The highest BCUT2D eigenvalue weighted by molar-refractivity contribution is 7.09. The average Bonchev–Trinajstić information content (AvgIpc) is 2.89. The van der Waals surface area contributed by atoms with Crippen LogP contribution in [0, 0.1) is 11.7 Å². The van der Waals surface area contributed by atoms with Crippen LogP contribution in [0.2, 0.25) is 0 Å². The molecule has 0 spiro atoms. The first-order chi connectivity index (χ1) is 10.3. The molecule has 2 heterocycles. The topological polar surface area (TPSA) is 27.8 Å². The van der Waals surface area contributed by atoms with E-state index in [1.807, 2.05) is 12.3 Å². The molecule has 3 aromatic rings. The van der Waals surface area contributed by atoms with E-state index in [-0.39, 0.29) is 5.82 Å². The van der Waals surface area contributed by atoms with E-state index in [1.165, 1.54) is 22.9 Å². The zero-order valence-corrected chi connectivity index (χ0v) is 12.4. The van der Waals surface area contributed by atoms with Gasteiger partial charge in [0.1, 0.15) is 5.82 Å². The van der Waals surface area contributed by atoms with E-state index in [2.05, 4.69) is 27.8 Å². The molecule has 4 rings (SSSR count). The van der Waals surface area contributed by atoms with Crippen molar-refractivity contribution in [3.05, 3.63) is 58.2 Å². The van der Waals surface area contributed by atoms with Crippen LogP contribution in [-0.2, 0) is 6.54 Å². The zero-order chi connectivity index (χ0) is 14.2. The number of halogens is 1. The Bertz CT molecular complexity index is 747. The minimum Gasteiger partial charge on any atom is -0.361 e. The van der Waals surface area contributed by atoms with Gasteiger partial charge in [0.15, 0.2) is 0 Å². The van der Waals surface area contributed by atoms with Crippen molar-refractivity contribution in [2.24, 2.45) is 5.92 Å². The van der Waals surface area contributed by atoms with Gasteiger partial charge in [-0.2, -0.15) is 0 Å². The summed E-state index contributed by atoms with van der Waals surface area (Å²) in [7, 11) is 0. The van der Waals surface area contributed by atoms with Gasteiger partial charge in [-0.3, -0.25) is 0 Å². The predicted molar refractivity (Wildman–Crippen MR) is 85.1 cm³/mol. The quantitative estimate of drug-likeness (QED) is 0.724. The van der Waals surface area contributed by atoms with Gasteiger partial charge in [-0.15, -0.1) is 11.3 Å². The van der Waals surface area contributed by atoms with E-state index in [9.17, 15) is 4.39 Å². The number of thiophene rings is 1. The second-order valence-electron chi connectivity index (χ2n) is 5.75. The molecule has 2 unspecified atom stereocenters. The van der Waals surface area contributed by atoms with Gasteiger partial charge in [0.25, 0.3) is 0 Å². The van der Waals surface area contributed by atoms with Crippen LogP contribution in [0.5, 0.6) is 0 Å². The summed E-state index contributed by atoms with van der Waals surface area (Å²) in [5.74, 6) is 1.08. The molecule has 1 saturated carbocycles. The summed E-state index contributed by atoms with van der Waals surface area (Å²) in [5, 5.41) is 6.68. The summed E-state index contributed by atoms with van der Waals surface area (Å²) in [5.41, 5.74) is 2.30. The highest BCUT2D eigenvalue weighted by Gasteiger charge is 2.39. The first-order valence-corrected chi connectivity index (χ1v) is 8.19. The molecule has 2 N–H and O–H groups in total. The molecule has 0 saturated heterocycles. The molecule has 2 nitrogen and oxygen atoms in total. The number of fused-ring (bicyclic) bond motifs is 1. The monoisotopic (exact) mass is 300 g/mol. The zero-order valence-electron chi connectivity index (χ0n) is 11.6. The van der Waals surface area contributed by atoms with Crippen molar-refractivity contribution in [2.45, 2.75) is 18.9 Å². The third-order valence-corrected chi connectivity index (χ3v) is 5.16. The maximum atomic E-state index is 13.4. The van der Waals surface area contributed by atoms with Gasteiger partial charge < -0.3 is 10.3 Å². The molecule has 1 aliphatic rings. The van der Waals surface area contributed by atoms with E-state index in [4.69, 9.17) is 0 Å². The molecule has 108 valence electrons. The summed E-state index contributed by atoms with van der Waals surface area (Å²) in [6.07, 6.45) is 3.24. The van der Waals surface area contributed by atoms with E-state index < -0.39 is 0 Å². The fourth-order valence-corrected chi connectivity index (χ4v) is 3.74. The van der Waals surface area contributed by atoms with Crippen molar-refractivity contribution >= 4 is 22.2 Å². The first-order valence-electron chi connectivity index (χ1n) is 7.31. The Hall–Kier alpha value is -1.65. The van der Waals surface area contributed by atoms with Crippen molar-refractivity contribution in [2.75, 3.05) is 6.54 Å². The van der Waals surface area contributed by atoms with E-state index in [0.717, 1.165) is 24.0 Å². The predicted octanol–water partition coefficient (Wildman–Crippen LogP) is 4.26. The number of aromatic amines is 1. The van der Waals surface area contributed by atoms with Crippen molar-refractivity contribution in [1.29, 1.82) is 0 Å². The van der Waals surface area contributed by atoms with Gasteiger partial charge in [0.05, 0.1) is 0 Å². The lowest BCUT2D eigenvalue weighted by Gasteiger charge is -2.02. The van der Waals surface area contributed by atoms with Crippen LogP contribution >= 0.6 is 11.3 Å². The molecule has 21 heavy (non-hydrogen) atoms. The molecular weight excluding hydrogens is 283 g/mol. The van der Waals surface area contributed by atoms with E-state index in [0.29, 0.717) is 11.8 Å². The molecule has 0 radical (unpaired) electrons. The van der Waals surface area contributed by atoms with Crippen LogP contribution in [0.3, 0.4) is 0 Å². The minimum atomic E-state index is -0.156. The van der Waals surface area contributed by atoms with Crippen molar-refractivity contribution in [3.8, 4) is 0 Å². The molecule has 0 bridgehead atoms. The second kappa shape index (κ2) is 5.28. The van der Waals surface area contributed by atoms with Gasteiger partial charge in [0.2, 0.25) is 0 Å². The molecule has 0 amide bonds. The van der Waals surface area contributed by atoms with Crippen LogP contribution in [0.25, 0.3) is 10.9 Å². The Kier molecular flexibility index (Phi) is 3.28. The summed E-state index contributed by atoms with van der Waals surface area (Å²) in [6.45, 7) is 1.98. The molecule has 1 fully saturated rings. The number of benzene rings is 1. The smallest absolute Gasteiger partial charge is 0.123 e. The fraction of sp³-hybridized carbons (Fsp3) is 0.294. The van der Waals surface area contributed by atoms with Crippen molar-refractivity contribution in [1.82, 2.24) is 10.3 Å². The van der Waals surface area contributed by atoms with Gasteiger partial charge >= 0.3 is 0 Å². The SMILES string of the molecule is Fc1ccc2[nH]cc(C3CC3CNCc3cccs3)c2c1. The Balaban J connectivity index is 1.40.